The zero-order valence-corrected chi connectivity index (χ0v) is 15.3. The number of ether oxygens (including phenoxy) is 1. The summed E-state index contributed by atoms with van der Waals surface area (Å²) in [7, 11) is -3.56. The van der Waals surface area contributed by atoms with Crippen LogP contribution >= 0.6 is 0 Å². The highest BCUT2D eigenvalue weighted by molar-refractivity contribution is 7.91. The molecule has 0 heterocycles. The molecule has 0 fully saturated rings. The normalized spacial score (nSPS) is 13.3. The second-order valence-electron chi connectivity index (χ2n) is 6.24. The van der Waals surface area contributed by atoms with Gasteiger partial charge in [0, 0.05) is 5.56 Å². The molecule has 0 saturated carbocycles. The van der Waals surface area contributed by atoms with Gasteiger partial charge in [0.15, 0.2) is 22.2 Å². The highest BCUT2D eigenvalue weighted by Gasteiger charge is 2.22. The highest BCUT2D eigenvalue weighted by atomic mass is 32.2. The van der Waals surface area contributed by atoms with E-state index in [2.05, 4.69) is 0 Å². The lowest BCUT2D eigenvalue weighted by atomic mass is 10.0. The number of hydrogen-bond acceptors (Lipinski definition) is 5. The molecule has 26 heavy (non-hydrogen) atoms. The molecule has 2 aromatic carbocycles. The van der Waals surface area contributed by atoms with Crippen molar-refractivity contribution in [3.8, 4) is 0 Å². The maximum absolute atomic E-state index is 12.3. The molecule has 0 N–H and O–H groups in total. The Morgan fingerprint density at radius 1 is 1.04 bits per heavy atom. The molecule has 3 rings (SSSR count). The second kappa shape index (κ2) is 7.41. The third-order valence-corrected chi connectivity index (χ3v) is 6.36. The molecule has 5 nitrogen and oxygen atoms in total. The van der Waals surface area contributed by atoms with Crippen molar-refractivity contribution < 1.29 is 22.7 Å². The van der Waals surface area contributed by atoms with Gasteiger partial charge < -0.3 is 4.74 Å². The molecule has 0 aromatic heterocycles. The van der Waals surface area contributed by atoms with Crippen molar-refractivity contribution in [3.05, 3.63) is 64.7 Å². The fraction of sp³-hybridized carbons (Fsp3) is 0.300. The minimum Gasteiger partial charge on any atom is -0.454 e. The minimum atomic E-state index is -3.56. The summed E-state index contributed by atoms with van der Waals surface area (Å²) in [5, 5.41) is 0. The van der Waals surface area contributed by atoms with Gasteiger partial charge in [-0.1, -0.05) is 31.2 Å². The Bertz CT molecular complexity index is 960. The van der Waals surface area contributed by atoms with Gasteiger partial charge in [0.25, 0.3) is 0 Å². The quantitative estimate of drug-likeness (QED) is 0.575. The van der Waals surface area contributed by atoms with E-state index in [4.69, 9.17) is 4.74 Å². The van der Waals surface area contributed by atoms with Crippen molar-refractivity contribution >= 4 is 21.6 Å². The van der Waals surface area contributed by atoms with E-state index < -0.39 is 22.4 Å². The smallest absolute Gasteiger partial charge is 0.339 e. The van der Waals surface area contributed by atoms with Gasteiger partial charge in [-0.3, -0.25) is 4.79 Å². The van der Waals surface area contributed by atoms with Crippen LogP contribution in [0.2, 0.25) is 0 Å². The third kappa shape index (κ3) is 3.70. The predicted octanol–water partition coefficient (Wildman–Crippen LogP) is 3.01. The van der Waals surface area contributed by atoms with Gasteiger partial charge in [-0.2, -0.15) is 0 Å². The summed E-state index contributed by atoms with van der Waals surface area (Å²) in [4.78, 5) is 24.6. The molecule has 0 saturated heterocycles. The molecule has 0 bridgehead atoms. The molecule has 0 atom stereocenters. The molecule has 1 aliphatic rings. The molecule has 1 aliphatic carbocycles. The molecule has 136 valence electrons. The lowest BCUT2D eigenvalue weighted by Gasteiger charge is -2.09. The molecule has 0 radical (unpaired) electrons. The van der Waals surface area contributed by atoms with Crippen molar-refractivity contribution in [2.24, 2.45) is 0 Å². The Morgan fingerprint density at radius 3 is 2.54 bits per heavy atom. The fourth-order valence-electron chi connectivity index (χ4n) is 3.10. The third-order valence-electron chi connectivity index (χ3n) is 4.58. The van der Waals surface area contributed by atoms with Gasteiger partial charge in [0.1, 0.15) is 0 Å². The van der Waals surface area contributed by atoms with Gasteiger partial charge >= 0.3 is 5.97 Å². The number of benzene rings is 2. The van der Waals surface area contributed by atoms with Gasteiger partial charge in [0.2, 0.25) is 0 Å². The van der Waals surface area contributed by atoms with Crippen LogP contribution in [0.3, 0.4) is 0 Å². The van der Waals surface area contributed by atoms with Crippen molar-refractivity contribution in [1.82, 2.24) is 0 Å². The summed E-state index contributed by atoms with van der Waals surface area (Å²) >= 11 is 0. The van der Waals surface area contributed by atoms with Gasteiger partial charge in [-0.15, -0.1) is 0 Å². The lowest BCUT2D eigenvalue weighted by molar-refractivity contribution is 0.0471. The van der Waals surface area contributed by atoms with E-state index in [9.17, 15) is 18.0 Å². The fourth-order valence-corrected chi connectivity index (χ4v) is 4.18. The van der Waals surface area contributed by atoms with Crippen LogP contribution in [0.4, 0.5) is 0 Å². The van der Waals surface area contributed by atoms with Gasteiger partial charge in [-0.05, 0) is 48.6 Å². The number of aryl methyl sites for hydroxylation is 2. The molecule has 2 aromatic rings. The number of carbonyl (C=O) groups is 2. The largest absolute Gasteiger partial charge is 0.454 e. The first-order chi connectivity index (χ1) is 12.4. The standard InChI is InChI=1S/C20H20O5S/c1-2-26(23,24)19-9-4-3-8-17(19)20(22)25-13-18(21)16-11-10-14-6-5-7-15(14)12-16/h3-4,8-12H,2,5-7,13H2,1H3. The van der Waals surface area contributed by atoms with Crippen molar-refractivity contribution in [1.29, 1.82) is 0 Å². The monoisotopic (exact) mass is 372 g/mol. The van der Waals surface area contributed by atoms with Crippen LogP contribution in [0.15, 0.2) is 47.4 Å². The van der Waals surface area contributed by atoms with E-state index in [0.29, 0.717) is 5.56 Å². The second-order valence-corrected chi connectivity index (χ2v) is 8.48. The molecule has 6 heteroatoms. The molecular formula is C20H20O5S. The van der Waals surface area contributed by atoms with Crippen LogP contribution in [0.1, 0.15) is 45.2 Å². The van der Waals surface area contributed by atoms with E-state index in [1.54, 1.807) is 18.2 Å². The number of sulfone groups is 1. The highest BCUT2D eigenvalue weighted by Crippen LogP contribution is 2.23. The maximum atomic E-state index is 12.3. The summed E-state index contributed by atoms with van der Waals surface area (Å²) in [5.74, 6) is -1.23. The van der Waals surface area contributed by atoms with E-state index in [0.717, 1.165) is 19.3 Å². The number of fused-ring (bicyclic) bond motifs is 1. The van der Waals surface area contributed by atoms with Gasteiger partial charge in [-0.25, -0.2) is 13.2 Å². The summed E-state index contributed by atoms with van der Waals surface area (Å²) in [5.41, 5.74) is 2.89. The number of Topliss-reactive ketones (excluding diaryl/α,β-unsaturated/α-hetero) is 1. The van der Waals surface area contributed by atoms with Crippen LogP contribution < -0.4 is 0 Å². The van der Waals surface area contributed by atoms with Crippen LogP contribution in [0, 0.1) is 0 Å². The number of rotatable bonds is 6. The van der Waals surface area contributed by atoms with E-state index in [1.807, 2.05) is 12.1 Å². The number of ketones is 1. The molecule has 0 amide bonds. The Kier molecular flexibility index (Phi) is 5.23. The van der Waals surface area contributed by atoms with Crippen LogP contribution in [0.25, 0.3) is 0 Å². The van der Waals surface area contributed by atoms with Gasteiger partial charge in [0.05, 0.1) is 16.2 Å². The first kappa shape index (κ1) is 18.3. The molecule has 0 aliphatic heterocycles. The Hall–Kier alpha value is -2.47. The predicted molar refractivity (Wildman–Crippen MR) is 97.2 cm³/mol. The topological polar surface area (TPSA) is 77.5 Å². The summed E-state index contributed by atoms with van der Waals surface area (Å²) in [6.07, 6.45) is 3.07. The number of esters is 1. The van der Waals surface area contributed by atoms with Crippen LogP contribution in [-0.2, 0) is 27.4 Å². The number of hydrogen-bond donors (Lipinski definition) is 0. The maximum Gasteiger partial charge on any atom is 0.339 e. The molecular weight excluding hydrogens is 352 g/mol. The minimum absolute atomic E-state index is 0.0453. The summed E-state index contributed by atoms with van der Waals surface area (Å²) < 4.78 is 29.3. The average Bonchev–Trinajstić information content (AvgIpc) is 3.13. The van der Waals surface area contributed by atoms with Crippen molar-refractivity contribution in [2.45, 2.75) is 31.1 Å². The van der Waals surface area contributed by atoms with Crippen LogP contribution in [0.5, 0.6) is 0 Å². The van der Waals surface area contributed by atoms with E-state index >= 15 is 0 Å². The van der Waals surface area contributed by atoms with Crippen molar-refractivity contribution in [3.63, 3.8) is 0 Å². The SMILES string of the molecule is CCS(=O)(=O)c1ccccc1C(=O)OCC(=O)c1ccc2c(c1)CCC2. The zero-order valence-electron chi connectivity index (χ0n) is 14.5. The van der Waals surface area contributed by atoms with Crippen molar-refractivity contribution in [2.75, 3.05) is 12.4 Å². The Morgan fingerprint density at radius 2 is 1.77 bits per heavy atom. The average molecular weight is 372 g/mol. The van der Waals surface area contributed by atoms with E-state index in [1.165, 1.54) is 30.2 Å². The molecule has 0 unspecified atom stereocenters. The first-order valence-electron chi connectivity index (χ1n) is 8.56. The summed E-state index contributed by atoms with van der Waals surface area (Å²) in [6.45, 7) is 1.09. The number of carbonyl (C=O) groups excluding carboxylic acids is 2. The summed E-state index contributed by atoms with van der Waals surface area (Å²) in [6, 6.07) is 11.4. The Labute approximate surface area is 152 Å². The molecule has 0 spiro atoms. The van der Waals surface area contributed by atoms with Crippen LogP contribution in [-0.4, -0.2) is 32.5 Å². The Balaban J connectivity index is 1.73. The zero-order chi connectivity index (χ0) is 18.7. The van der Waals surface area contributed by atoms with E-state index in [-0.39, 0.29) is 22.0 Å². The first-order valence-corrected chi connectivity index (χ1v) is 10.2. The lowest BCUT2D eigenvalue weighted by Crippen LogP contribution is -2.17.